The largest absolute Gasteiger partial charge is 0.356 e. The van der Waals surface area contributed by atoms with Crippen LogP contribution in [0, 0.1) is 19.8 Å². The monoisotopic (exact) mass is 321 g/mol. The summed E-state index contributed by atoms with van der Waals surface area (Å²) >= 11 is 0. The van der Waals surface area contributed by atoms with Gasteiger partial charge in [0.15, 0.2) is 5.65 Å². The van der Waals surface area contributed by atoms with E-state index >= 15 is 0 Å². The van der Waals surface area contributed by atoms with Crippen molar-refractivity contribution in [2.24, 2.45) is 5.92 Å². The van der Waals surface area contributed by atoms with Crippen LogP contribution in [-0.2, 0) is 0 Å². The Balaban J connectivity index is 1.81. The van der Waals surface area contributed by atoms with Gasteiger partial charge in [0.05, 0.1) is 17.3 Å². The number of piperidine rings is 1. The first kappa shape index (κ1) is 15.1. The molecule has 0 amide bonds. The summed E-state index contributed by atoms with van der Waals surface area (Å²) in [7, 11) is 0. The maximum atomic E-state index is 4.61. The highest BCUT2D eigenvalue weighted by Gasteiger charge is 2.21. The first-order valence-corrected chi connectivity index (χ1v) is 8.64. The van der Waals surface area contributed by atoms with Gasteiger partial charge in [-0.1, -0.05) is 13.0 Å². The lowest BCUT2D eigenvalue weighted by atomic mass is 10.0. The molecule has 3 heterocycles. The molecular weight excluding hydrogens is 298 g/mol. The Morgan fingerprint density at radius 3 is 2.62 bits per heavy atom. The van der Waals surface area contributed by atoms with Gasteiger partial charge in [-0.3, -0.25) is 0 Å². The van der Waals surface area contributed by atoms with Crippen LogP contribution in [0.15, 0.2) is 30.7 Å². The first-order valence-electron chi connectivity index (χ1n) is 8.64. The zero-order chi connectivity index (χ0) is 16.7. The van der Waals surface area contributed by atoms with Gasteiger partial charge in [-0.05, 0) is 55.9 Å². The number of aryl methyl sites for hydroxylation is 2. The molecule has 0 N–H and O–H groups in total. The second-order valence-electron chi connectivity index (χ2n) is 7.03. The predicted octanol–water partition coefficient (Wildman–Crippen LogP) is 3.67. The molecule has 0 bridgehead atoms. The van der Waals surface area contributed by atoms with Crippen LogP contribution in [0.5, 0.6) is 0 Å². The minimum Gasteiger partial charge on any atom is -0.356 e. The first-order chi connectivity index (χ1) is 11.6. The van der Waals surface area contributed by atoms with Gasteiger partial charge in [-0.15, -0.1) is 0 Å². The summed E-state index contributed by atoms with van der Waals surface area (Å²) in [4.78, 5) is 11.5. The molecule has 24 heavy (non-hydrogen) atoms. The van der Waals surface area contributed by atoms with Gasteiger partial charge in [-0.25, -0.2) is 14.6 Å². The molecule has 124 valence electrons. The van der Waals surface area contributed by atoms with E-state index in [4.69, 9.17) is 0 Å². The van der Waals surface area contributed by atoms with E-state index in [1.165, 1.54) is 24.0 Å². The van der Waals surface area contributed by atoms with Crippen molar-refractivity contribution >= 4 is 16.9 Å². The molecule has 2 aromatic heterocycles. The molecule has 1 atom stereocenters. The molecular formula is C19H23N5. The van der Waals surface area contributed by atoms with E-state index in [0.29, 0.717) is 5.92 Å². The molecule has 4 rings (SSSR count). The smallest absolute Gasteiger partial charge is 0.168 e. The molecule has 1 aliphatic heterocycles. The Bertz CT molecular complexity index is 862. The average molecular weight is 321 g/mol. The minimum absolute atomic E-state index is 0.707. The summed E-state index contributed by atoms with van der Waals surface area (Å²) in [5, 5.41) is 5.64. The maximum Gasteiger partial charge on any atom is 0.168 e. The summed E-state index contributed by atoms with van der Waals surface area (Å²) in [6, 6.07) is 6.46. The van der Waals surface area contributed by atoms with Gasteiger partial charge in [0.2, 0.25) is 0 Å². The van der Waals surface area contributed by atoms with Gasteiger partial charge in [0.25, 0.3) is 0 Å². The third-order valence-corrected chi connectivity index (χ3v) is 4.75. The highest BCUT2D eigenvalue weighted by Crippen LogP contribution is 2.28. The molecule has 0 radical (unpaired) electrons. The SMILES string of the molecule is Cc1cc(C)cc(-n2ncc3c(N4CCC[C@@H](C)C4)ncnc32)c1. The molecule has 1 aliphatic rings. The second kappa shape index (κ2) is 5.89. The van der Waals surface area contributed by atoms with Crippen molar-refractivity contribution in [3.63, 3.8) is 0 Å². The molecule has 1 fully saturated rings. The summed E-state index contributed by atoms with van der Waals surface area (Å²) in [6.07, 6.45) is 6.09. The Hall–Kier alpha value is -2.43. The number of hydrogen-bond donors (Lipinski definition) is 0. The molecule has 1 aromatic carbocycles. The van der Waals surface area contributed by atoms with Crippen molar-refractivity contribution in [1.82, 2.24) is 19.7 Å². The standard InChI is InChI=1S/C19H23N5/c1-13-5-4-6-23(11-13)18-17-10-22-24(19(17)21-12-20-18)16-8-14(2)7-15(3)9-16/h7-10,12-13H,4-6,11H2,1-3H3/t13-/m1/s1. The van der Waals surface area contributed by atoms with Gasteiger partial charge < -0.3 is 4.90 Å². The Kier molecular flexibility index (Phi) is 3.71. The third-order valence-electron chi connectivity index (χ3n) is 4.75. The minimum atomic E-state index is 0.707. The zero-order valence-electron chi connectivity index (χ0n) is 14.5. The Morgan fingerprint density at radius 1 is 1.08 bits per heavy atom. The molecule has 5 nitrogen and oxygen atoms in total. The van der Waals surface area contributed by atoms with E-state index in [1.54, 1.807) is 6.33 Å². The number of nitrogens with zero attached hydrogens (tertiary/aromatic N) is 5. The number of anilines is 1. The van der Waals surface area contributed by atoms with Crippen molar-refractivity contribution in [2.45, 2.75) is 33.6 Å². The highest BCUT2D eigenvalue weighted by molar-refractivity contribution is 5.87. The molecule has 5 heteroatoms. The van der Waals surface area contributed by atoms with Crippen molar-refractivity contribution in [2.75, 3.05) is 18.0 Å². The van der Waals surface area contributed by atoms with Crippen molar-refractivity contribution in [1.29, 1.82) is 0 Å². The highest BCUT2D eigenvalue weighted by atomic mass is 15.3. The van der Waals surface area contributed by atoms with Crippen molar-refractivity contribution < 1.29 is 0 Å². The number of rotatable bonds is 2. The Morgan fingerprint density at radius 2 is 1.88 bits per heavy atom. The van der Waals surface area contributed by atoms with Crippen LogP contribution in [0.4, 0.5) is 5.82 Å². The van der Waals surface area contributed by atoms with E-state index in [9.17, 15) is 0 Å². The molecule has 0 aliphatic carbocycles. The number of benzene rings is 1. The topological polar surface area (TPSA) is 46.8 Å². The lowest BCUT2D eigenvalue weighted by Gasteiger charge is -2.31. The van der Waals surface area contributed by atoms with Gasteiger partial charge in [0.1, 0.15) is 12.1 Å². The van der Waals surface area contributed by atoms with Crippen LogP contribution in [-0.4, -0.2) is 32.8 Å². The van der Waals surface area contributed by atoms with Crippen LogP contribution >= 0.6 is 0 Å². The summed E-state index contributed by atoms with van der Waals surface area (Å²) in [6.45, 7) is 8.64. The summed E-state index contributed by atoms with van der Waals surface area (Å²) in [5.74, 6) is 1.72. The molecule has 0 spiro atoms. The normalized spacial score (nSPS) is 18.3. The molecule has 1 saturated heterocycles. The van der Waals surface area contributed by atoms with E-state index in [2.05, 4.69) is 58.9 Å². The molecule has 0 unspecified atom stereocenters. The van der Waals surface area contributed by atoms with Crippen LogP contribution in [0.25, 0.3) is 16.7 Å². The number of hydrogen-bond acceptors (Lipinski definition) is 4. The van der Waals surface area contributed by atoms with Crippen LogP contribution < -0.4 is 4.90 Å². The fourth-order valence-electron chi connectivity index (χ4n) is 3.73. The number of fused-ring (bicyclic) bond motifs is 1. The van der Waals surface area contributed by atoms with E-state index in [-0.39, 0.29) is 0 Å². The van der Waals surface area contributed by atoms with Crippen molar-refractivity contribution in [3.8, 4) is 5.69 Å². The van der Waals surface area contributed by atoms with Crippen LogP contribution in [0.2, 0.25) is 0 Å². The predicted molar refractivity (Wildman–Crippen MR) is 96.7 cm³/mol. The van der Waals surface area contributed by atoms with E-state index < -0.39 is 0 Å². The zero-order valence-corrected chi connectivity index (χ0v) is 14.5. The quantitative estimate of drug-likeness (QED) is 0.722. The summed E-state index contributed by atoms with van der Waals surface area (Å²) in [5.41, 5.74) is 4.39. The van der Waals surface area contributed by atoms with Crippen molar-refractivity contribution in [3.05, 3.63) is 41.9 Å². The summed E-state index contributed by atoms with van der Waals surface area (Å²) < 4.78 is 1.92. The number of aromatic nitrogens is 4. The molecule has 3 aromatic rings. The average Bonchev–Trinajstić information content (AvgIpc) is 2.98. The van der Waals surface area contributed by atoms with Crippen LogP contribution in [0.1, 0.15) is 30.9 Å². The van der Waals surface area contributed by atoms with Gasteiger partial charge in [0, 0.05) is 13.1 Å². The Labute approximate surface area is 142 Å². The third kappa shape index (κ3) is 2.64. The van der Waals surface area contributed by atoms with E-state index in [0.717, 1.165) is 35.6 Å². The molecule has 0 saturated carbocycles. The lowest BCUT2D eigenvalue weighted by Crippen LogP contribution is -2.34. The maximum absolute atomic E-state index is 4.61. The second-order valence-corrected chi connectivity index (χ2v) is 7.03. The fraction of sp³-hybridized carbons (Fsp3) is 0.421. The lowest BCUT2D eigenvalue weighted by molar-refractivity contribution is 0.445. The van der Waals surface area contributed by atoms with Gasteiger partial charge >= 0.3 is 0 Å². The van der Waals surface area contributed by atoms with Gasteiger partial charge in [-0.2, -0.15) is 5.10 Å². The van der Waals surface area contributed by atoms with Crippen LogP contribution in [0.3, 0.4) is 0 Å². The fourth-order valence-corrected chi connectivity index (χ4v) is 3.73. The van der Waals surface area contributed by atoms with E-state index in [1.807, 2.05) is 10.9 Å².